The molecule has 0 aliphatic rings. The molecular formula is C14H15F3N2O2. The molecule has 0 spiro atoms. The number of anilines is 1. The van der Waals surface area contributed by atoms with Gasteiger partial charge in [-0.2, -0.15) is 13.2 Å². The third-order valence-electron chi connectivity index (χ3n) is 2.49. The van der Waals surface area contributed by atoms with Gasteiger partial charge < -0.3 is 10.1 Å². The molecule has 1 N–H and O–H groups in total. The highest BCUT2D eigenvalue weighted by Crippen LogP contribution is 2.29. The van der Waals surface area contributed by atoms with E-state index in [4.69, 9.17) is 0 Å². The third-order valence-corrected chi connectivity index (χ3v) is 2.49. The number of pyridine rings is 1. The summed E-state index contributed by atoms with van der Waals surface area (Å²) < 4.78 is 42.3. The summed E-state index contributed by atoms with van der Waals surface area (Å²) in [6.07, 6.45) is -2.87. The second-order valence-electron chi connectivity index (χ2n) is 4.11. The second kappa shape index (κ2) is 7.53. The largest absolute Gasteiger partial charge is 0.459 e. The molecule has 0 aromatic carbocycles. The first-order chi connectivity index (χ1) is 9.88. The molecule has 1 aromatic rings. The van der Waals surface area contributed by atoms with E-state index in [0.717, 1.165) is 18.9 Å². The Balaban J connectivity index is 3.09. The first-order valence-electron chi connectivity index (χ1n) is 6.30. The van der Waals surface area contributed by atoms with Crippen LogP contribution in [-0.2, 0) is 15.7 Å². The average molecular weight is 300 g/mol. The van der Waals surface area contributed by atoms with E-state index >= 15 is 0 Å². The summed E-state index contributed by atoms with van der Waals surface area (Å²) in [6.45, 7) is 2.43. The number of ether oxygens (including phenoxy) is 1. The van der Waals surface area contributed by atoms with Crippen LogP contribution in [0, 0.1) is 11.8 Å². The van der Waals surface area contributed by atoms with Gasteiger partial charge in [-0.05, 0) is 18.6 Å². The fraction of sp³-hybridized carbons (Fsp3) is 0.429. The van der Waals surface area contributed by atoms with Gasteiger partial charge in [0.2, 0.25) is 0 Å². The van der Waals surface area contributed by atoms with Crippen molar-refractivity contribution in [1.82, 2.24) is 4.98 Å². The number of alkyl halides is 3. The number of halogens is 3. The van der Waals surface area contributed by atoms with E-state index in [-0.39, 0.29) is 11.4 Å². The molecule has 114 valence electrons. The molecule has 7 heteroatoms. The van der Waals surface area contributed by atoms with Crippen molar-refractivity contribution >= 4 is 11.8 Å². The van der Waals surface area contributed by atoms with Crippen molar-refractivity contribution < 1.29 is 22.7 Å². The predicted molar refractivity (Wildman–Crippen MR) is 71.5 cm³/mol. The standard InChI is InChI=1S/C14H15F3N2O2/c1-3-4-9-18-13-10(6-8-12(20)21-2)5-7-11(19-13)14(15,16)17/h5,7H,3-4,9H2,1-2H3,(H,18,19). The van der Waals surface area contributed by atoms with Gasteiger partial charge >= 0.3 is 12.1 Å². The van der Waals surface area contributed by atoms with Gasteiger partial charge in [0.15, 0.2) is 0 Å². The van der Waals surface area contributed by atoms with Gasteiger partial charge in [0.25, 0.3) is 0 Å². The summed E-state index contributed by atoms with van der Waals surface area (Å²) >= 11 is 0. The second-order valence-corrected chi connectivity index (χ2v) is 4.11. The van der Waals surface area contributed by atoms with Gasteiger partial charge in [-0.15, -0.1) is 0 Å². The van der Waals surface area contributed by atoms with Crippen LogP contribution in [0.15, 0.2) is 12.1 Å². The number of unbranched alkanes of at least 4 members (excludes halogenated alkanes) is 1. The molecule has 21 heavy (non-hydrogen) atoms. The quantitative estimate of drug-likeness (QED) is 0.528. The van der Waals surface area contributed by atoms with Crippen molar-refractivity contribution in [2.45, 2.75) is 25.9 Å². The van der Waals surface area contributed by atoms with Crippen molar-refractivity contribution in [2.24, 2.45) is 0 Å². The number of carbonyl (C=O) groups is 1. The molecule has 1 aromatic heterocycles. The lowest BCUT2D eigenvalue weighted by Gasteiger charge is -2.11. The highest BCUT2D eigenvalue weighted by atomic mass is 19.4. The Hall–Kier alpha value is -2.23. The van der Waals surface area contributed by atoms with Gasteiger partial charge in [-0.3, -0.25) is 0 Å². The molecule has 0 saturated heterocycles. The van der Waals surface area contributed by atoms with Gasteiger partial charge in [0.05, 0.1) is 12.7 Å². The third kappa shape index (κ3) is 5.34. The molecule has 0 saturated carbocycles. The molecule has 0 atom stereocenters. The lowest BCUT2D eigenvalue weighted by molar-refractivity contribution is -0.141. The minimum atomic E-state index is -4.53. The van der Waals surface area contributed by atoms with Crippen LogP contribution in [0.4, 0.5) is 19.0 Å². The first kappa shape index (κ1) is 16.8. The monoisotopic (exact) mass is 300 g/mol. The Morgan fingerprint density at radius 3 is 2.71 bits per heavy atom. The Bertz CT molecular complexity index is 560. The van der Waals surface area contributed by atoms with Crippen LogP contribution < -0.4 is 5.32 Å². The van der Waals surface area contributed by atoms with Crippen molar-refractivity contribution in [3.05, 3.63) is 23.4 Å². The zero-order valence-corrected chi connectivity index (χ0v) is 11.7. The fourth-order valence-electron chi connectivity index (χ4n) is 1.41. The molecule has 0 aliphatic heterocycles. The average Bonchev–Trinajstić information content (AvgIpc) is 2.44. The number of aromatic nitrogens is 1. The zero-order chi connectivity index (χ0) is 15.9. The van der Waals surface area contributed by atoms with E-state index in [1.807, 2.05) is 6.92 Å². The summed E-state index contributed by atoms with van der Waals surface area (Å²) in [5.74, 6) is 3.86. The number of rotatable bonds is 4. The minimum absolute atomic E-state index is 0.00896. The van der Waals surface area contributed by atoms with E-state index in [2.05, 4.69) is 26.9 Å². The normalized spacial score (nSPS) is 10.5. The van der Waals surface area contributed by atoms with Crippen LogP contribution in [-0.4, -0.2) is 24.6 Å². The predicted octanol–water partition coefficient (Wildman–Crippen LogP) is 2.84. The van der Waals surface area contributed by atoms with Crippen molar-refractivity contribution in [3.63, 3.8) is 0 Å². The maximum Gasteiger partial charge on any atom is 0.433 e. The molecular weight excluding hydrogens is 285 g/mol. The summed E-state index contributed by atoms with van der Waals surface area (Å²) in [4.78, 5) is 14.5. The highest BCUT2D eigenvalue weighted by Gasteiger charge is 2.32. The number of nitrogens with zero attached hydrogens (tertiary/aromatic N) is 1. The molecule has 0 aliphatic carbocycles. The Labute approximate surface area is 120 Å². The topological polar surface area (TPSA) is 51.2 Å². The van der Waals surface area contributed by atoms with Crippen LogP contribution in [0.1, 0.15) is 31.0 Å². The van der Waals surface area contributed by atoms with Gasteiger partial charge in [-0.1, -0.05) is 19.3 Å². The Morgan fingerprint density at radius 2 is 2.14 bits per heavy atom. The first-order valence-corrected chi connectivity index (χ1v) is 6.30. The van der Waals surface area contributed by atoms with E-state index in [0.29, 0.717) is 6.54 Å². The van der Waals surface area contributed by atoms with Gasteiger partial charge in [0.1, 0.15) is 11.5 Å². The number of methoxy groups -OCH3 is 1. The molecule has 1 rings (SSSR count). The summed E-state index contributed by atoms with van der Waals surface area (Å²) in [5.41, 5.74) is -0.797. The fourth-order valence-corrected chi connectivity index (χ4v) is 1.41. The van der Waals surface area contributed by atoms with Gasteiger partial charge in [0, 0.05) is 12.5 Å². The van der Waals surface area contributed by atoms with Crippen molar-refractivity contribution in [1.29, 1.82) is 0 Å². The van der Waals surface area contributed by atoms with E-state index < -0.39 is 17.8 Å². The van der Waals surface area contributed by atoms with Crippen molar-refractivity contribution in [3.8, 4) is 11.8 Å². The van der Waals surface area contributed by atoms with Gasteiger partial charge in [-0.25, -0.2) is 9.78 Å². The lowest BCUT2D eigenvalue weighted by Crippen LogP contribution is -2.12. The number of hydrogen-bond acceptors (Lipinski definition) is 4. The van der Waals surface area contributed by atoms with E-state index in [1.54, 1.807) is 0 Å². The maximum absolute atomic E-state index is 12.7. The van der Waals surface area contributed by atoms with Crippen LogP contribution in [0.3, 0.4) is 0 Å². The zero-order valence-electron chi connectivity index (χ0n) is 11.7. The Kier molecular flexibility index (Phi) is 6.03. The Morgan fingerprint density at radius 1 is 1.43 bits per heavy atom. The number of carbonyl (C=O) groups excluding carboxylic acids is 1. The molecule has 1 heterocycles. The van der Waals surface area contributed by atoms with E-state index in [9.17, 15) is 18.0 Å². The molecule has 0 fully saturated rings. The molecule has 0 bridgehead atoms. The van der Waals surface area contributed by atoms with E-state index in [1.165, 1.54) is 13.2 Å². The summed E-state index contributed by atoms with van der Waals surface area (Å²) in [5, 5.41) is 2.80. The molecule has 0 amide bonds. The summed E-state index contributed by atoms with van der Waals surface area (Å²) in [7, 11) is 1.17. The van der Waals surface area contributed by atoms with Crippen LogP contribution in [0.5, 0.6) is 0 Å². The number of esters is 1. The summed E-state index contributed by atoms with van der Waals surface area (Å²) in [6, 6.07) is 2.01. The lowest BCUT2D eigenvalue weighted by atomic mass is 10.2. The molecule has 0 unspecified atom stereocenters. The van der Waals surface area contributed by atoms with Crippen LogP contribution >= 0.6 is 0 Å². The molecule has 0 radical (unpaired) electrons. The van der Waals surface area contributed by atoms with Crippen LogP contribution in [0.2, 0.25) is 0 Å². The van der Waals surface area contributed by atoms with Crippen molar-refractivity contribution in [2.75, 3.05) is 19.0 Å². The number of nitrogens with one attached hydrogen (secondary N) is 1. The maximum atomic E-state index is 12.7. The SMILES string of the molecule is CCCCNc1nc(C(F)(F)F)ccc1C#CC(=O)OC. The highest BCUT2D eigenvalue weighted by molar-refractivity contribution is 5.89. The number of hydrogen-bond donors (Lipinski definition) is 1. The molecule has 4 nitrogen and oxygen atoms in total. The van der Waals surface area contributed by atoms with Crippen LogP contribution in [0.25, 0.3) is 0 Å². The smallest absolute Gasteiger partial charge is 0.433 e. The minimum Gasteiger partial charge on any atom is -0.459 e.